The Kier molecular flexibility index (Phi) is 5.61. The monoisotopic (exact) mass is 288 g/mol. The van der Waals surface area contributed by atoms with Gasteiger partial charge in [-0.1, -0.05) is 0 Å². The Bertz CT molecular complexity index is 411. The molecule has 1 aromatic rings. The maximum absolute atomic E-state index is 5.46. The van der Waals surface area contributed by atoms with Crippen molar-refractivity contribution in [2.45, 2.75) is 0 Å². The van der Waals surface area contributed by atoms with E-state index in [0.29, 0.717) is 22.4 Å². The summed E-state index contributed by atoms with van der Waals surface area (Å²) in [6, 6.07) is 3.55. The van der Waals surface area contributed by atoms with Crippen LogP contribution in [-0.2, 0) is 13.3 Å². The van der Waals surface area contributed by atoms with Crippen molar-refractivity contribution in [3.05, 3.63) is 12.1 Å². The number of methoxy groups -OCH3 is 3. The second-order valence-corrected chi connectivity index (χ2v) is 6.43. The van der Waals surface area contributed by atoms with E-state index in [4.69, 9.17) is 27.5 Å². The average Bonchev–Trinajstić information content (AvgIpc) is 2.48. The maximum Gasteiger partial charge on any atom is 0.540 e. The van der Waals surface area contributed by atoms with Gasteiger partial charge >= 0.3 is 8.80 Å². The van der Waals surface area contributed by atoms with Crippen LogP contribution in [0, 0.1) is 0 Å². The molecule has 0 saturated heterocycles. The zero-order valence-electron chi connectivity index (χ0n) is 12.1. The van der Waals surface area contributed by atoms with Crippen LogP contribution in [-0.4, -0.2) is 51.5 Å². The van der Waals surface area contributed by atoms with E-state index in [9.17, 15) is 0 Å². The second kappa shape index (κ2) is 6.76. The molecule has 0 spiro atoms. The standard InChI is InChI=1S/C12H20O6Si/c1-13-9-7-8-10(12(15-3)11(9)14-2)19(16-4,17-5)18-6/h7-8H,1-6H3. The van der Waals surface area contributed by atoms with Crippen LogP contribution in [0.15, 0.2) is 12.1 Å². The molecule has 1 rings (SSSR count). The van der Waals surface area contributed by atoms with Crippen molar-refractivity contribution in [1.29, 1.82) is 0 Å². The molecule has 0 N–H and O–H groups in total. The van der Waals surface area contributed by atoms with Gasteiger partial charge in [0.15, 0.2) is 11.5 Å². The van der Waals surface area contributed by atoms with Gasteiger partial charge < -0.3 is 27.5 Å². The van der Waals surface area contributed by atoms with Crippen LogP contribution in [0.2, 0.25) is 0 Å². The fraction of sp³-hybridized carbons (Fsp3) is 0.500. The van der Waals surface area contributed by atoms with Gasteiger partial charge in [0.05, 0.1) is 26.5 Å². The summed E-state index contributed by atoms with van der Waals surface area (Å²) in [7, 11) is 6.25. The van der Waals surface area contributed by atoms with Crippen molar-refractivity contribution in [2.75, 3.05) is 42.7 Å². The first-order valence-electron chi connectivity index (χ1n) is 5.58. The molecule has 0 fully saturated rings. The minimum absolute atomic E-state index is 0.477. The highest BCUT2D eigenvalue weighted by Gasteiger charge is 2.45. The summed E-state index contributed by atoms with van der Waals surface area (Å²) in [5.41, 5.74) is 0. The van der Waals surface area contributed by atoms with Crippen LogP contribution in [0.1, 0.15) is 0 Å². The summed E-state index contributed by atoms with van der Waals surface area (Å²) in [6.45, 7) is 0. The Morgan fingerprint density at radius 1 is 0.684 bits per heavy atom. The molecule has 0 aliphatic rings. The second-order valence-electron chi connectivity index (χ2n) is 3.55. The van der Waals surface area contributed by atoms with Crippen LogP contribution in [0.3, 0.4) is 0 Å². The summed E-state index contributed by atoms with van der Waals surface area (Å²) >= 11 is 0. The SMILES string of the molecule is COc1ccc([Si](OC)(OC)OC)c(OC)c1OC. The van der Waals surface area contributed by atoms with Crippen molar-refractivity contribution in [3.63, 3.8) is 0 Å². The lowest BCUT2D eigenvalue weighted by Crippen LogP contribution is -2.55. The fourth-order valence-corrected chi connectivity index (χ4v) is 3.86. The summed E-state index contributed by atoms with van der Waals surface area (Å²) in [5, 5.41) is 0.681. The maximum atomic E-state index is 5.46. The topological polar surface area (TPSA) is 55.4 Å². The van der Waals surface area contributed by atoms with Crippen molar-refractivity contribution in [3.8, 4) is 17.2 Å². The van der Waals surface area contributed by atoms with E-state index >= 15 is 0 Å². The molecular formula is C12H20O6Si. The Hall–Kier alpha value is -1.28. The average molecular weight is 288 g/mol. The highest BCUT2D eigenvalue weighted by Crippen LogP contribution is 2.36. The molecule has 0 saturated carbocycles. The van der Waals surface area contributed by atoms with Gasteiger partial charge in [-0.15, -0.1) is 0 Å². The van der Waals surface area contributed by atoms with Crippen molar-refractivity contribution < 1.29 is 27.5 Å². The van der Waals surface area contributed by atoms with Gasteiger partial charge in [-0.25, -0.2) is 0 Å². The molecule has 0 heterocycles. The van der Waals surface area contributed by atoms with Crippen LogP contribution >= 0.6 is 0 Å². The van der Waals surface area contributed by atoms with E-state index in [-0.39, 0.29) is 0 Å². The van der Waals surface area contributed by atoms with Gasteiger partial charge in [-0.2, -0.15) is 0 Å². The van der Waals surface area contributed by atoms with Crippen LogP contribution in [0.25, 0.3) is 0 Å². The zero-order chi connectivity index (χ0) is 14.5. The molecule has 0 bridgehead atoms. The fourth-order valence-electron chi connectivity index (χ4n) is 1.92. The third-order valence-electron chi connectivity index (χ3n) is 2.84. The van der Waals surface area contributed by atoms with Gasteiger partial charge in [0.1, 0.15) is 0 Å². The van der Waals surface area contributed by atoms with E-state index in [1.54, 1.807) is 33.5 Å². The number of rotatable bonds is 7. The molecule has 19 heavy (non-hydrogen) atoms. The van der Waals surface area contributed by atoms with E-state index in [0.717, 1.165) is 0 Å². The molecule has 6 nitrogen and oxygen atoms in total. The largest absolute Gasteiger partial charge is 0.540 e. The molecule has 0 aliphatic carbocycles. The van der Waals surface area contributed by atoms with Crippen LogP contribution in [0.5, 0.6) is 17.2 Å². The third-order valence-corrected chi connectivity index (χ3v) is 5.51. The van der Waals surface area contributed by atoms with Gasteiger partial charge in [0.2, 0.25) is 5.75 Å². The molecule has 0 aliphatic heterocycles. The lowest BCUT2D eigenvalue weighted by atomic mass is 10.3. The van der Waals surface area contributed by atoms with Gasteiger partial charge in [-0.3, -0.25) is 0 Å². The Labute approximate surface area is 114 Å². The van der Waals surface area contributed by atoms with Crippen molar-refractivity contribution in [1.82, 2.24) is 0 Å². The van der Waals surface area contributed by atoms with E-state index in [1.807, 2.05) is 0 Å². The van der Waals surface area contributed by atoms with Crippen LogP contribution < -0.4 is 19.4 Å². The first kappa shape index (κ1) is 15.8. The molecule has 7 heteroatoms. The normalized spacial score (nSPS) is 11.3. The first-order chi connectivity index (χ1) is 9.13. The molecular weight excluding hydrogens is 268 g/mol. The predicted octanol–water partition coefficient (Wildman–Crippen LogP) is 0.797. The lowest BCUT2D eigenvalue weighted by molar-refractivity contribution is 0.139. The van der Waals surface area contributed by atoms with Gasteiger partial charge in [0, 0.05) is 21.3 Å². The van der Waals surface area contributed by atoms with Crippen molar-refractivity contribution >= 4 is 14.0 Å². The molecule has 0 unspecified atom stereocenters. The summed E-state index contributed by atoms with van der Waals surface area (Å²) in [6.07, 6.45) is 0. The van der Waals surface area contributed by atoms with Gasteiger partial charge in [-0.05, 0) is 12.1 Å². The minimum atomic E-state index is -3.00. The smallest absolute Gasteiger partial charge is 0.493 e. The third kappa shape index (κ3) is 2.69. The lowest BCUT2D eigenvalue weighted by Gasteiger charge is -2.27. The Morgan fingerprint density at radius 3 is 1.58 bits per heavy atom. The Morgan fingerprint density at radius 2 is 1.21 bits per heavy atom. The van der Waals surface area contributed by atoms with Crippen molar-refractivity contribution in [2.24, 2.45) is 0 Å². The predicted molar refractivity (Wildman–Crippen MR) is 72.5 cm³/mol. The number of ether oxygens (including phenoxy) is 3. The van der Waals surface area contributed by atoms with E-state index in [2.05, 4.69) is 0 Å². The number of benzene rings is 1. The first-order valence-corrected chi connectivity index (χ1v) is 7.31. The molecule has 0 aromatic heterocycles. The van der Waals surface area contributed by atoms with Crippen LogP contribution in [0.4, 0.5) is 0 Å². The van der Waals surface area contributed by atoms with E-state index in [1.165, 1.54) is 21.3 Å². The highest BCUT2D eigenvalue weighted by molar-refractivity contribution is 6.76. The number of hydrogen-bond donors (Lipinski definition) is 0. The minimum Gasteiger partial charge on any atom is -0.493 e. The highest BCUT2D eigenvalue weighted by atomic mass is 28.4. The summed E-state index contributed by atoms with van der Waals surface area (Å²) in [5.74, 6) is 1.53. The zero-order valence-corrected chi connectivity index (χ0v) is 13.1. The Balaban J connectivity index is 3.51. The number of hydrogen-bond acceptors (Lipinski definition) is 6. The van der Waals surface area contributed by atoms with E-state index < -0.39 is 8.80 Å². The quantitative estimate of drug-likeness (QED) is 0.692. The molecule has 108 valence electrons. The summed E-state index contributed by atoms with van der Waals surface area (Å²) < 4.78 is 32.3. The molecule has 0 amide bonds. The van der Waals surface area contributed by atoms with Gasteiger partial charge in [0.25, 0.3) is 0 Å². The molecule has 1 aromatic carbocycles. The summed E-state index contributed by atoms with van der Waals surface area (Å²) in [4.78, 5) is 0. The molecule has 0 radical (unpaired) electrons. The molecule has 0 atom stereocenters.